The predicted octanol–water partition coefficient (Wildman–Crippen LogP) is 5.55. The average Bonchev–Trinajstić information content (AvgIpc) is 3.12. The van der Waals surface area contributed by atoms with E-state index in [9.17, 15) is 4.79 Å². The van der Waals surface area contributed by atoms with Crippen LogP contribution >= 0.6 is 11.6 Å². The van der Waals surface area contributed by atoms with E-state index in [2.05, 4.69) is 25.1 Å². The molecule has 0 aliphatic carbocycles. The quantitative estimate of drug-likeness (QED) is 0.397. The largest absolute Gasteiger partial charge is 0.489 e. The van der Waals surface area contributed by atoms with Gasteiger partial charge in [0.2, 0.25) is 0 Å². The van der Waals surface area contributed by atoms with Gasteiger partial charge in [0.1, 0.15) is 18.2 Å². The van der Waals surface area contributed by atoms with E-state index in [1.807, 2.05) is 24.3 Å². The third-order valence-electron chi connectivity index (χ3n) is 5.80. The second-order valence-corrected chi connectivity index (χ2v) is 8.64. The van der Waals surface area contributed by atoms with Crippen molar-refractivity contribution in [3.05, 3.63) is 89.0 Å². The molecule has 2 aromatic heterocycles. The highest BCUT2D eigenvalue weighted by Gasteiger charge is 2.19. The molecule has 8 heteroatoms. The molecular weight excluding hydrogens is 450 g/mol. The minimum absolute atomic E-state index is 0.236. The van der Waals surface area contributed by atoms with Gasteiger partial charge in [-0.15, -0.1) is 10.2 Å². The molecule has 2 aromatic carbocycles. The van der Waals surface area contributed by atoms with Crippen LogP contribution in [0.4, 0.5) is 5.69 Å². The smallest absolute Gasteiger partial charge is 0.255 e. The summed E-state index contributed by atoms with van der Waals surface area (Å²) in [5.74, 6) is 2.10. The molecule has 0 spiro atoms. The maximum Gasteiger partial charge on any atom is 0.255 e. The molecule has 3 heterocycles. The minimum Gasteiger partial charge on any atom is -0.489 e. The molecular formula is C26H24ClN5O2. The molecule has 7 nitrogen and oxygen atoms in total. The summed E-state index contributed by atoms with van der Waals surface area (Å²) in [6.45, 7) is 1.25. The van der Waals surface area contributed by atoms with Gasteiger partial charge < -0.3 is 14.6 Å². The van der Waals surface area contributed by atoms with Crippen LogP contribution in [0.3, 0.4) is 0 Å². The second kappa shape index (κ2) is 10.1. The maximum atomic E-state index is 13.0. The second-order valence-electron chi connectivity index (χ2n) is 8.23. The van der Waals surface area contributed by atoms with Gasteiger partial charge in [0.05, 0.1) is 5.02 Å². The Kier molecular flexibility index (Phi) is 6.53. The van der Waals surface area contributed by atoms with Gasteiger partial charge in [0.25, 0.3) is 5.91 Å². The number of hydrogen-bond donors (Lipinski definition) is 1. The number of benzene rings is 2. The molecule has 1 aliphatic rings. The van der Waals surface area contributed by atoms with Crippen molar-refractivity contribution in [2.45, 2.75) is 38.8 Å². The Morgan fingerprint density at radius 3 is 2.88 bits per heavy atom. The number of aromatic nitrogens is 4. The third-order valence-corrected chi connectivity index (χ3v) is 6.13. The highest BCUT2D eigenvalue weighted by molar-refractivity contribution is 6.33. The van der Waals surface area contributed by atoms with Gasteiger partial charge in [-0.25, -0.2) is 0 Å². The van der Waals surface area contributed by atoms with Gasteiger partial charge >= 0.3 is 0 Å². The van der Waals surface area contributed by atoms with Crippen LogP contribution in [0.15, 0.2) is 67.0 Å². The molecule has 172 valence electrons. The first-order chi connectivity index (χ1) is 16.7. The van der Waals surface area contributed by atoms with E-state index in [4.69, 9.17) is 16.3 Å². The summed E-state index contributed by atoms with van der Waals surface area (Å²) in [4.78, 5) is 17.0. The molecule has 5 rings (SSSR count). The molecule has 0 fully saturated rings. The third kappa shape index (κ3) is 4.94. The Hall–Kier alpha value is -3.71. The van der Waals surface area contributed by atoms with Crippen LogP contribution in [0, 0.1) is 0 Å². The van der Waals surface area contributed by atoms with Crippen molar-refractivity contribution < 1.29 is 9.53 Å². The molecule has 0 atom stereocenters. The number of halogens is 1. The van der Waals surface area contributed by atoms with Crippen molar-refractivity contribution in [3.8, 4) is 17.1 Å². The number of nitrogens with one attached hydrogen (secondary N) is 1. The van der Waals surface area contributed by atoms with E-state index in [0.717, 1.165) is 48.6 Å². The van der Waals surface area contributed by atoms with Crippen molar-refractivity contribution in [2.24, 2.45) is 0 Å². The minimum atomic E-state index is -0.236. The van der Waals surface area contributed by atoms with E-state index >= 15 is 0 Å². The fourth-order valence-electron chi connectivity index (χ4n) is 4.04. The first-order valence-electron chi connectivity index (χ1n) is 11.3. The fourth-order valence-corrected chi connectivity index (χ4v) is 4.24. The van der Waals surface area contributed by atoms with Gasteiger partial charge in [0, 0.05) is 47.7 Å². The zero-order valence-electron chi connectivity index (χ0n) is 18.6. The zero-order chi connectivity index (χ0) is 23.3. The Balaban J connectivity index is 1.32. The molecule has 0 bridgehead atoms. The monoisotopic (exact) mass is 473 g/mol. The van der Waals surface area contributed by atoms with Crippen molar-refractivity contribution >= 4 is 23.2 Å². The lowest BCUT2D eigenvalue weighted by Crippen LogP contribution is -2.12. The van der Waals surface area contributed by atoms with Crippen LogP contribution in [0.1, 0.15) is 41.0 Å². The molecule has 4 aromatic rings. The highest BCUT2D eigenvalue weighted by Crippen LogP contribution is 2.31. The molecule has 1 amide bonds. The van der Waals surface area contributed by atoms with E-state index in [1.54, 1.807) is 42.7 Å². The summed E-state index contributed by atoms with van der Waals surface area (Å²) in [5, 5.41) is 12.3. The number of carbonyl (C=O) groups excluding carboxylic acids is 1. The normalized spacial score (nSPS) is 13.1. The Labute approximate surface area is 202 Å². The van der Waals surface area contributed by atoms with Crippen molar-refractivity contribution in [1.29, 1.82) is 0 Å². The standard InChI is InChI=1S/C26H24ClN5O2/c27-23-11-10-20(15-22(23)25-31-30-24-9-2-1-3-13-32(24)25)29-26(33)19-7-4-8-21(14-19)34-17-18-6-5-12-28-16-18/h4-8,10-12,14-16H,1-3,9,13,17H2,(H,29,33). The summed E-state index contributed by atoms with van der Waals surface area (Å²) in [6.07, 6.45) is 7.77. The van der Waals surface area contributed by atoms with Gasteiger partial charge in [-0.3, -0.25) is 9.78 Å². The predicted molar refractivity (Wildman–Crippen MR) is 131 cm³/mol. The summed E-state index contributed by atoms with van der Waals surface area (Å²) in [5.41, 5.74) is 2.85. The molecule has 0 saturated carbocycles. The van der Waals surface area contributed by atoms with Crippen molar-refractivity contribution in [1.82, 2.24) is 19.7 Å². The Morgan fingerprint density at radius 2 is 2.00 bits per heavy atom. The SMILES string of the molecule is O=C(Nc1ccc(Cl)c(-c2nnc3n2CCCCC3)c1)c1cccc(OCc2cccnc2)c1. The molecule has 0 unspecified atom stereocenters. The first-order valence-corrected chi connectivity index (χ1v) is 11.7. The molecule has 0 saturated heterocycles. The van der Waals surface area contributed by atoms with Crippen LogP contribution in [-0.4, -0.2) is 25.7 Å². The number of hydrogen-bond acceptors (Lipinski definition) is 5. The highest BCUT2D eigenvalue weighted by atomic mass is 35.5. The number of ether oxygens (including phenoxy) is 1. The lowest BCUT2D eigenvalue weighted by molar-refractivity contribution is 0.102. The molecule has 1 N–H and O–H groups in total. The lowest BCUT2D eigenvalue weighted by Gasteiger charge is -2.12. The van der Waals surface area contributed by atoms with E-state index < -0.39 is 0 Å². The molecule has 1 aliphatic heterocycles. The van der Waals surface area contributed by atoms with E-state index in [1.165, 1.54) is 6.42 Å². The van der Waals surface area contributed by atoms with Gasteiger partial charge in [-0.1, -0.05) is 30.2 Å². The van der Waals surface area contributed by atoms with Crippen LogP contribution in [-0.2, 0) is 19.6 Å². The number of aryl methyl sites for hydroxylation is 1. The van der Waals surface area contributed by atoms with Crippen LogP contribution in [0.5, 0.6) is 5.75 Å². The van der Waals surface area contributed by atoms with E-state index in [0.29, 0.717) is 28.6 Å². The summed E-state index contributed by atoms with van der Waals surface area (Å²) in [6, 6.07) is 16.3. The number of anilines is 1. The number of nitrogens with zero attached hydrogens (tertiary/aromatic N) is 4. The van der Waals surface area contributed by atoms with Crippen LogP contribution < -0.4 is 10.1 Å². The summed E-state index contributed by atoms with van der Waals surface area (Å²) >= 11 is 6.52. The van der Waals surface area contributed by atoms with Crippen LogP contribution in [0.2, 0.25) is 5.02 Å². The summed E-state index contributed by atoms with van der Waals surface area (Å²) in [7, 11) is 0. The van der Waals surface area contributed by atoms with Gasteiger partial charge in [0.15, 0.2) is 5.82 Å². The summed E-state index contributed by atoms with van der Waals surface area (Å²) < 4.78 is 7.97. The first kappa shape index (κ1) is 22.1. The lowest BCUT2D eigenvalue weighted by atomic mass is 10.1. The van der Waals surface area contributed by atoms with Gasteiger partial charge in [-0.05, 0) is 55.3 Å². The number of carbonyl (C=O) groups is 1. The molecule has 0 radical (unpaired) electrons. The van der Waals surface area contributed by atoms with Crippen LogP contribution in [0.25, 0.3) is 11.4 Å². The fraction of sp³-hybridized carbons (Fsp3) is 0.231. The molecule has 34 heavy (non-hydrogen) atoms. The van der Waals surface area contributed by atoms with E-state index in [-0.39, 0.29) is 5.91 Å². The maximum absolute atomic E-state index is 13.0. The zero-order valence-corrected chi connectivity index (χ0v) is 19.3. The Bertz CT molecular complexity index is 1310. The number of fused-ring (bicyclic) bond motifs is 1. The van der Waals surface area contributed by atoms with Gasteiger partial charge in [-0.2, -0.15) is 0 Å². The number of rotatable bonds is 6. The topological polar surface area (TPSA) is 81.9 Å². The Morgan fingerprint density at radius 1 is 1.06 bits per heavy atom. The number of amides is 1. The average molecular weight is 474 g/mol. The number of pyridine rings is 1. The van der Waals surface area contributed by atoms with Crippen molar-refractivity contribution in [3.63, 3.8) is 0 Å². The van der Waals surface area contributed by atoms with Crippen molar-refractivity contribution in [2.75, 3.05) is 5.32 Å².